The van der Waals surface area contributed by atoms with Crippen molar-refractivity contribution in [1.82, 2.24) is 5.32 Å². The largest absolute Gasteiger partial charge is 0.356 e. The van der Waals surface area contributed by atoms with Crippen LogP contribution in [0.15, 0.2) is 18.2 Å². The highest BCUT2D eigenvalue weighted by Crippen LogP contribution is 2.42. The summed E-state index contributed by atoms with van der Waals surface area (Å²) in [6.45, 7) is 2.66. The highest BCUT2D eigenvalue weighted by Gasteiger charge is 2.40. The number of rotatable bonds is 5. The minimum atomic E-state index is -0.161. The zero-order chi connectivity index (χ0) is 19.0. The monoisotopic (exact) mass is 369 g/mol. The molecule has 0 radical (unpaired) electrons. The molecule has 27 heavy (non-hydrogen) atoms. The summed E-state index contributed by atoms with van der Waals surface area (Å²) in [7, 11) is 0. The third-order valence-electron chi connectivity index (χ3n) is 6.99. The predicted octanol–water partition coefficient (Wildman–Crippen LogP) is 2.94. The van der Waals surface area contributed by atoms with E-state index in [1.54, 1.807) is 0 Å². The van der Waals surface area contributed by atoms with Crippen molar-refractivity contribution in [3.05, 3.63) is 29.3 Å². The fourth-order valence-corrected chi connectivity index (χ4v) is 5.37. The van der Waals surface area contributed by atoms with Crippen molar-refractivity contribution in [1.29, 1.82) is 0 Å². The first kappa shape index (κ1) is 18.5. The van der Waals surface area contributed by atoms with Crippen molar-refractivity contribution in [2.45, 2.75) is 63.8 Å². The van der Waals surface area contributed by atoms with Crippen LogP contribution in [0.4, 0.5) is 5.69 Å². The fraction of sp³-hybridized carbons (Fsp3) is 0.636. The molecule has 1 heterocycles. The van der Waals surface area contributed by atoms with Gasteiger partial charge in [0.1, 0.15) is 0 Å². The molecule has 3 unspecified atom stereocenters. The van der Waals surface area contributed by atoms with Gasteiger partial charge < -0.3 is 16.4 Å². The minimum Gasteiger partial charge on any atom is -0.356 e. The number of fused-ring (bicyclic) bond motifs is 3. The van der Waals surface area contributed by atoms with E-state index in [2.05, 4.69) is 29.7 Å². The maximum Gasteiger partial charge on any atom is 0.232 e. The molecule has 3 atom stereocenters. The Morgan fingerprint density at radius 2 is 2.00 bits per heavy atom. The zero-order valence-electron chi connectivity index (χ0n) is 16.2. The molecule has 2 bridgehead atoms. The first-order valence-corrected chi connectivity index (χ1v) is 10.5. The van der Waals surface area contributed by atoms with Crippen molar-refractivity contribution < 1.29 is 9.59 Å². The molecule has 0 spiro atoms. The highest BCUT2D eigenvalue weighted by molar-refractivity contribution is 6.02. The maximum atomic E-state index is 12.7. The molecule has 2 saturated carbocycles. The molecule has 5 heteroatoms. The molecule has 3 aliphatic rings. The molecule has 146 valence electrons. The lowest BCUT2D eigenvalue weighted by molar-refractivity contribution is -0.128. The fourth-order valence-electron chi connectivity index (χ4n) is 5.37. The van der Waals surface area contributed by atoms with Crippen LogP contribution in [0.1, 0.15) is 62.5 Å². The average molecular weight is 370 g/mol. The van der Waals surface area contributed by atoms with E-state index in [1.807, 2.05) is 6.07 Å². The average Bonchev–Trinajstić information content (AvgIpc) is 2.96. The van der Waals surface area contributed by atoms with Gasteiger partial charge in [0.2, 0.25) is 11.8 Å². The van der Waals surface area contributed by atoms with Crippen LogP contribution in [0, 0.1) is 17.8 Å². The topological polar surface area (TPSA) is 84.2 Å². The molecule has 1 aliphatic heterocycles. The minimum absolute atomic E-state index is 0.0469. The molecular weight excluding hydrogens is 338 g/mol. The lowest BCUT2D eigenvalue weighted by atomic mass is 9.65. The van der Waals surface area contributed by atoms with Crippen LogP contribution in [-0.4, -0.2) is 24.4 Å². The van der Waals surface area contributed by atoms with Crippen LogP contribution in [0.2, 0.25) is 0 Å². The molecule has 2 amide bonds. The Morgan fingerprint density at radius 3 is 2.70 bits per heavy atom. The van der Waals surface area contributed by atoms with Crippen molar-refractivity contribution in [2.75, 3.05) is 11.9 Å². The second-order valence-corrected chi connectivity index (χ2v) is 8.59. The smallest absolute Gasteiger partial charge is 0.232 e. The van der Waals surface area contributed by atoms with E-state index in [-0.39, 0.29) is 29.7 Å². The summed E-state index contributed by atoms with van der Waals surface area (Å²) in [5, 5.41) is 6.07. The third-order valence-corrected chi connectivity index (χ3v) is 6.99. The summed E-state index contributed by atoms with van der Waals surface area (Å²) >= 11 is 0. The summed E-state index contributed by atoms with van der Waals surface area (Å²) in [6, 6.07) is 6.47. The summed E-state index contributed by atoms with van der Waals surface area (Å²) in [6.07, 6.45) is 7.05. The maximum absolute atomic E-state index is 12.7. The van der Waals surface area contributed by atoms with Crippen LogP contribution >= 0.6 is 0 Å². The second-order valence-electron chi connectivity index (χ2n) is 8.59. The molecule has 0 saturated heterocycles. The number of carbonyl (C=O) groups excluding carboxylic acids is 2. The van der Waals surface area contributed by atoms with Crippen molar-refractivity contribution in [3.8, 4) is 0 Å². The number of hydrogen-bond acceptors (Lipinski definition) is 3. The van der Waals surface area contributed by atoms with Crippen molar-refractivity contribution in [3.63, 3.8) is 0 Å². The summed E-state index contributed by atoms with van der Waals surface area (Å²) in [5.41, 5.74) is 9.57. The molecule has 2 aliphatic carbocycles. The number of aryl methyl sites for hydroxylation is 1. The van der Waals surface area contributed by atoms with Gasteiger partial charge in [-0.15, -0.1) is 0 Å². The van der Waals surface area contributed by atoms with Gasteiger partial charge in [-0.1, -0.05) is 25.5 Å². The van der Waals surface area contributed by atoms with Gasteiger partial charge in [-0.3, -0.25) is 9.59 Å². The zero-order valence-corrected chi connectivity index (χ0v) is 16.2. The first-order chi connectivity index (χ1) is 13.1. The lowest BCUT2D eigenvalue weighted by Crippen LogP contribution is -2.49. The Labute approximate surface area is 161 Å². The van der Waals surface area contributed by atoms with Gasteiger partial charge in [-0.25, -0.2) is 0 Å². The number of hydrogen-bond donors (Lipinski definition) is 3. The first-order valence-electron chi connectivity index (χ1n) is 10.5. The van der Waals surface area contributed by atoms with E-state index in [1.165, 1.54) is 24.8 Å². The lowest BCUT2D eigenvalue weighted by Gasteiger charge is -2.43. The molecule has 1 aromatic carbocycles. The number of nitrogens with two attached hydrogens (primary N) is 1. The molecule has 5 nitrogen and oxygen atoms in total. The van der Waals surface area contributed by atoms with Gasteiger partial charge in [-0.2, -0.15) is 0 Å². The molecule has 2 fully saturated rings. The summed E-state index contributed by atoms with van der Waals surface area (Å²) in [5.74, 6) is 1.15. The molecule has 1 aromatic rings. The van der Waals surface area contributed by atoms with Gasteiger partial charge in [0.05, 0.1) is 5.92 Å². The van der Waals surface area contributed by atoms with E-state index in [9.17, 15) is 9.59 Å². The Hall–Kier alpha value is -1.88. The van der Waals surface area contributed by atoms with Crippen LogP contribution < -0.4 is 16.4 Å². The second kappa shape index (κ2) is 7.63. The van der Waals surface area contributed by atoms with Crippen molar-refractivity contribution in [2.24, 2.45) is 23.5 Å². The van der Waals surface area contributed by atoms with E-state index >= 15 is 0 Å². The van der Waals surface area contributed by atoms with Crippen LogP contribution in [0.25, 0.3) is 0 Å². The number of anilines is 1. The Kier molecular flexibility index (Phi) is 5.22. The molecule has 4 rings (SSSR count). The van der Waals surface area contributed by atoms with E-state index in [0.717, 1.165) is 30.5 Å². The van der Waals surface area contributed by atoms with Gasteiger partial charge in [-0.05, 0) is 67.6 Å². The summed E-state index contributed by atoms with van der Waals surface area (Å²) in [4.78, 5) is 25.0. The highest BCUT2D eigenvalue weighted by atomic mass is 16.2. The number of amides is 2. The van der Waals surface area contributed by atoms with E-state index in [4.69, 9.17) is 5.73 Å². The standard InChI is InChI=1S/C22H31N3O2/c1-2-13-6-7-19-18(10-13)17(22(27)25-19)8-9-24-21(26)16-11-14-4-3-5-15(12-16)20(14)23/h6-7,10,14-17,20H,2-5,8-9,11-12,23H2,1H3,(H,24,26)(H,25,27). The Bertz CT molecular complexity index is 718. The molecule has 4 N–H and O–H groups in total. The third kappa shape index (κ3) is 3.62. The number of nitrogens with one attached hydrogen (secondary N) is 2. The van der Waals surface area contributed by atoms with E-state index < -0.39 is 0 Å². The van der Waals surface area contributed by atoms with Gasteiger partial charge in [0.25, 0.3) is 0 Å². The number of carbonyl (C=O) groups is 2. The SMILES string of the molecule is CCc1ccc2c(c1)C(CCNC(=O)C1CC3CCCC(C1)C3N)C(=O)N2. The van der Waals surface area contributed by atoms with E-state index in [0.29, 0.717) is 24.8 Å². The van der Waals surface area contributed by atoms with Gasteiger partial charge in [0, 0.05) is 24.2 Å². The van der Waals surface area contributed by atoms with Gasteiger partial charge >= 0.3 is 0 Å². The quantitative estimate of drug-likeness (QED) is 0.746. The van der Waals surface area contributed by atoms with Crippen LogP contribution in [-0.2, 0) is 16.0 Å². The Morgan fingerprint density at radius 1 is 1.26 bits per heavy atom. The predicted molar refractivity (Wildman–Crippen MR) is 106 cm³/mol. The van der Waals surface area contributed by atoms with Crippen LogP contribution in [0.3, 0.4) is 0 Å². The molecular formula is C22H31N3O2. The Balaban J connectivity index is 1.33. The normalized spacial score (nSPS) is 31.9. The number of benzene rings is 1. The van der Waals surface area contributed by atoms with Gasteiger partial charge in [0.15, 0.2) is 0 Å². The summed E-state index contributed by atoms with van der Waals surface area (Å²) < 4.78 is 0. The van der Waals surface area contributed by atoms with Crippen molar-refractivity contribution >= 4 is 17.5 Å². The van der Waals surface area contributed by atoms with Crippen LogP contribution in [0.5, 0.6) is 0 Å². The molecule has 0 aromatic heterocycles.